The monoisotopic (exact) mass is 261 g/mol. The van der Waals surface area contributed by atoms with Gasteiger partial charge in [0, 0.05) is 17.8 Å². The third-order valence-electron chi connectivity index (χ3n) is 3.45. The van der Waals surface area contributed by atoms with Gasteiger partial charge in [0.25, 0.3) is 0 Å². The summed E-state index contributed by atoms with van der Waals surface area (Å²) in [5.41, 5.74) is 7.23. The summed E-state index contributed by atoms with van der Waals surface area (Å²) in [5.74, 6) is -0.503. The summed E-state index contributed by atoms with van der Waals surface area (Å²) in [6.07, 6.45) is 1.91. The van der Waals surface area contributed by atoms with Gasteiger partial charge < -0.3 is 16.4 Å². The molecule has 1 atom stereocenters. The highest BCUT2D eigenvalue weighted by molar-refractivity contribution is 5.97. The van der Waals surface area contributed by atoms with Crippen LogP contribution in [0.2, 0.25) is 0 Å². The number of nitrogens with one attached hydrogen (secondary N) is 2. The lowest BCUT2D eigenvalue weighted by molar-refractivity contribution is -0.120. The smallest absolute Gasteiger partial charge is 0.248 e. The molecule has 0 saturated carbocycles. The number of rotatable bonds is 3. The molecule has 5 heteroatoms. The van der Waals surface area contributed by atoms with Crippen molar-refractivity contribution in [3.05, 3.63) is 29.3 Å². The molecule has 1 aliphatic rings. The summed E-state index contributed by atoms with van der Waals surface area (Å²) in [6, 6.07) is 5.08. The third kappa shape index (κ3) is 3.32. The van der Waals surface area contributed by atoms with Crippen molar-refractivity contribution in [3.8, 4) is 0 Å². The Kier molecular flexibility index (Phi) is 4.16. The minimum Gasteiger partial charge on any atom is -0.366 e. The van der Waals surface area contributed by atoms with Gasteiger partial charge in [0.1, 0.15) is 0 Å². The van der Waals surface area contributed by atoms with Crippen molar-refractivity contribution in [2.45, 2.75) is 19.8 Å². The first-order valence-electron chi connectivity index (χ1n) is 6.50. The second-order valence-corrected chi connectivity index (χ2v) is 4.93. The molecule has 1 aromatic carbocycles. The Morgan fingerprint density at radius 3 is 2.84 bits per heavy atom. The van der Waals surface area contributed by atoms with Crippen molar-refractivity contribution >= 4 is 17.5 Å². The van der Waals surface area contributed by atoms with E-state index in [4.69, 9.17) is 5.73 Å². The normalized spacial score (nSPS) is 18.9. The lowest BCUT2D eigenvalue weighted by Crippen LogP contribution is -2.37. The number of aryl methyl sites for hydroxylation is 1. The van der Waals surface area contributed by atoms with Gasteiger partial charge in [0.2, 0.25) is 11.8 Å². The maximum Gasteiger partial charge on any atom is 0.248 e. The van der Waals surface area contributed by atoms with E-state index in [0.717, 1.165) is 24.9 Å². The second kappa shape index (κ2) is 5.84. The van der Waals surface area contributed by atoms with Gasteiger partial charge in [-0.2, -0.15) is 0 Å². The zero-order valence-electron chi connectivity index (χ0n) is 11.0. The van der Waals surface area contributed by atoms with Crippen molar-refractivity contribution in [2.75, 3.05) is 18.4 Å². The second-order valence-electron chi connectivity index (χ2n) is 4.93. The average Bonchev–Trinajstić information content (AvgIpc) is 2.42. The van der Waals surface area contributed by atoms with E-state index in [0.29, 0.717) is 17.8 Å². The molecule has 1 aliphatic heterocycles. The van der Waals surface area contributed by atoms with Crippen LogP contribution in [0.3, 0.4) is 0 Å². The number of benzene rings is 1. The van der Waals surface area contributed by atoms with E-state index in [9.17, 15) is 9.59 Å². The highest BCUT2D eigenvalue weighted by Gasteiger charge is 2.21. The molecule has 19 heavy (non-hydrogen) atoms. The Hall–Kier alpha value is -1.88. The summed E-state index contributed by atoms with van der Waals surface area (Å²) >= 11 is 0. The number of nitrogens with two attached hydrogens (primary N) is 1. The van der Waals surface area contributed by atoms with Crippen LogP contribution in [-0.4, -0.2) is 24.9 Å². The van der Waals surface area contributed by atoms with Gasteiger partial charge in [-0.3, -0.25) is 9.59 Å². The summed E-state index contributed by atoms with van der Waals surface area (Å²) in [7, 11) is 0. The fourth-order valence-electron chi connectivity index (χ4n) is 2.22. The van der Waals surface area contributed by atoms with E-state index in [1.165, 1.54) is 0 Å². The number of primary amides is 1. The largest absolute Gasteiger partial charge is 0.366 e. The fraction of sp³-hybridized carbons (Fsp3) is 0.429. The van der Waals surface area contributed by atoms with Gasteiger partial charge in [-0.15, -0.1) is 0 Å². The Labute approximate surface area is 112 Å². The van der Waals surface area contributed by atoms with E-state index in [1.807, 2.05) is 6.92 Å². The zero-order chi connectivity index (χ0) is 13.8. The maximum atomic E-state index is 12.1. The molecule has 1 aromatic rings. The Balaban J connectivity index is 2.11. The molecule has 1 fully saturated rings. The first-order chi connectivity index (χ1) is 9.08. The Morgan fingerprint density at radius 2 is 2.21 bits per heavy atom. The van der Waals surface area contributed by atoms with Crippen molar-refractivity contribution < 1.29 is 9.59 Å². The van der Waals surface area contributed by atoms with Crippen LogP contribution in [0.5, 0.6) is 0 Å². The van der Waals surface area contributed by atoms with Crippen LogP contribution in [0.25, 0.3) is 0 Å². The highest BCUT2D eigenvalue weighted by Crippen LogP contribution is 2.19. The topological polar surface area (TPSA) is 84.2 Å². The van der Waals surface area contributed by atoms with Gasteiger partial charge in [-0.25, -0.2) is 0 Å². The predicted octanol–water partition coefficient (Wildman–Crippen LogP) is 1.03. The number of anilines is 1. The quantitative estimate of drug-likeness (QED) is 0.760. The highest BCUT2D eigenvalue weighted by atomic mass is 16.2. The van der Waals surface area contributed by atoms with Crippen LogP contribution in [0, 0.1) is 12.8 Å². The molecule has 0 bridgehead atoms. The SMILES string of the molecule is Cc1ccc(C(N)=O)cc1NC(=O)C1CCCNC1. The van der Waals surface area contributed by atoms with E-state index >= 15 is 0 Å². The first kappa shape index (κ1) is 13.5. The minimum atomic E-state index is -0.491. The molecule has 0 aliphatic carbocycles. The van der Waals surface area contributed by atoms with Gasteiger partial charge >= 0.3 is 0 Å². The Morgan fingerprint density at radius 1 is 1.42 bits per heavy atom. The standard InChI is InChI=1S/C14H19N3O2/c1-9-4-5-10(13(15)18)7-12(9)17-14(19)11-3-2-6-16-8-11/h4-5,7,11,16H,2-3,6,8H2,1H3,(H2,15,18)(H,17,19). The summed E-state index contributed by atoms with van der Waals surface area (Å²) < 4.78 is 0. The molecule has 1 heterocycles. The van der Waals surface area contributed by atoms with Crippen LogP contribution in [-0.2, 0) is 4.79 Å². The number of hydrogen-bond acceptors (Lipinski definition) is 3. The number of amides is 2. The zero-order valence-corrected chi connectivity index (χ0v) is 11.0. The molecular formula is C14H19N3O2. The lowest BCUT2D eigenvalue weighted by Gasteiger charge is -2.22. The van der Waals surface area contributed by atoms with Crippen LogP contribution >= 0.6 is 0 Å². The Bertz CT molecular complexity index is 493. The molecule has 2 rings (SSSR count). The molecule has 0 radical (unpaired) electrons. The van der Waals surface area contributed by atoms with Crippen LogP contribution in [0.4, 0.5) is 5.69 Å². The van der Waals surface area contributed by atoms with Crippen LogP contribution in [0.15, 0.2) is 18.2 Å². The summed E-state index contributed by atoms with van der Waals surface area (Å²) in [5, 5.41) is 6.10. The van der Waals surface area contributed by atoms with Crippen molar-refractivity contribution in [1.29, 1.82) is 0 Å². The average molecular weight is 261 g/mol. The number of carbonyl (C=O) groups is 2. The fourth-order valence-corrected chi connectivity index (χ4v) is 2.22. The number of hydrogen-bond donors (Lipinski definition) is 3. The molecular weight excluding hydrogens is 242 g/mol. The molecule has 0 aromatic heterocycles. The predicted molar refractivity (Wildman–Crippen MR) is 73.9 cm³/mol. The lowest BCUT2D eigenvalue weighted by atomic mass is 9.98. The van der Waals surface area contributed by atoms with Crippen molar-refractivity contribution in [3.63, 3.8) is 0 Å². The summed E-state index contributed by atoms with van der Waals surface area (Å²) in [6.45, 7) is 3.57. The van der Waals surface area contributed by atoms with Gasteiger partial charge in [-0.1, -0.05) is 6.07 Å². The third-order valence-corrected chi connectivity index (χ3v) is 3.45. The number of carbonyl (C=O) groups excluding carboxylic acids is 2. The van der Waals surface area contributed by atoms with Gasteiger partial charge in [-0.05, 0) is 44.0 Å². The number of piperidine rings is 1. The van der Waals surface area contributed by atoms with Crippen molar-refractivity contribution in [1.82, 2.24) is 5.32 Å². The molecule has 1 saturated heterocycles. The van der Waals surface area contributed by atoms with Gasteiger partial charge in [0.05, 0.1) is 5.92 Å². The minimum absolute atomic E-state index is 0.00285. The molecule has 0 spiro atoms. The van der Waals surface area contributed by atoms with E-state index in [-0.39, 0.29) is 11.8 Å². The van der Waals surface area contributed by atoms with E-state index < -0.39 is 5.91 Å². The van der Waals surface area contributed by atoms with Gasteiger partial charge in [0.15, 0.2) is 0 Å². The first-order valence-corrected chi connectivity index (χ1v) is 6.50. The van der Waals surface area contributed by atoms with E-state index in [1.54, 1.807) is 18.2 Å². The molecule has 102 valence electrons. The molecule has 1 unspecified atom stereocenters. The molecule has 4 N–H and O–H groups in total. The van der Waals surface area contributed by atoms with E-state index in [2.05, 4.69) is 10.6 Å². The molecule has 5 nitrogen and oxygen atoms in total. The molecule has 2 amide bonds. The van der Waals surface area contributed by atoms with Crippen molar-refractivity contribution in [2.24, 2.45) is 11.7 Å². The van der Waals surface area contributed by atoms with Crippen LogP contribution in [0.1, 0.15) is 28.8 Å². The maximum absolute atomic E-state index is 12.1. The summed E-state index contributed by atoms with van der Waals surface area (Å²) in [4.78, 5) is 23.3. The van der Waals surface area contributed by atoms with Crippen LogP contribution < -0.4 is 16.4 Å².